The standard InChI is InChI=1S/C12H9ClN2OS/c1-2-9-7(3-4-16-9)10-5-8-11(17-10)12(13)15-6-14-8/h3-6H,2H2,1H3. The van der Waals surface area contributed by atoms with Gasteiger partial charge in [-0.05, 0) is 12.1 Å². The molecule has 0 N–H and O–H groups in total. The highest BCUT2D eigenvalue weighted by Crippen LogP contribution is 2.37. The monoisotopic (exact) mass is 264 g/mol. The fraction of sp³-hybridized carbons (Fsp3) is 0.167. The maximum atomic E-state index is 6.04. The summed E-state index contributed by atoms with van der Waals surface area (Å²) in [5.41, 5.74) is 2.00. The second kappa shape index (κ2) is 4.13. The van der Waals surface area contributed by atoms with Crippen molar-refractivity contribution in [3.8, 4) is 10.4 Å². The van der Waals surface area contributed by atoms with E-state index in [-0.39, 0.29) is 0 Å². The van der Waals surface area contributed by atoms with E-state index < -0.39 is 0 Å². The summed E-state index contributed by atoms with van der Waals surface area (Å²) in [4.78, 5) is 9.32. The van der Waals surface area contributed by atoms with Gasteiger partial charge >= 0.3 is 0 Å². The highest BCUT2D eigenvalue weighted by molar-refractivity contribution is 7.22. The number of thiophene rings is 1. The molecule has 3 nitrogen and oxygen atoms in total. The molecule has 3 rings (SSSR count). The zero-order valence-electron chi connectivity index (χ0n) is 9.11. The lowest BCUT2D eigenvalue weighted by atomic mass is 10.2. The molecule has 0 amide bonds. The lowest BCUT2D eigenvalue weighted by Crippen LogP contribution is -1.77. The van der Waals surface area contributed by atoms with Gasteiger partial charge in [-0.2, -0.15) is 0 Å². The molecule has 0 spiro atoms. The van der Waals surface area contributed by atoms with E-state index in [1.807, 2.05) is 12.1 Å². The Morgan fingerprint density at radius 3 is 3.06 bits per heavy atom. The molecule has 0 aromatic carbocycles. The summed E-state index contributed by atoms with van der Waals surface area (Å²) in [5, 5.41) is 0.507. The molecule has 5 heteroatoms. The van der Waals surface area contributed by atoms with Crippen LogP contribution in [0.3, 0.4) is 0 Å². The van der Waals surface area contributed by atoms with Crippen molar-refractivity contribution >= 4 is 33.2 Å². The third kappa shape index (κ3) is 1.73. The van der Waals surface area contributed by atoms with Gasteiger partial charge in [-0.1, -0.05) is 18.5 Å². The van der Waals surface area contributed by atoms with Gasteiger partial charge in [0.15, 0.2) is 0 Å². The van der Waals surface area contributed by atoms with Gasteiger partial charge in [0.1, 0.15) is 17.2 Å². The van der Waals surface area contributed by atoms with E-state index in [0.717, 1.165) is 32.8 Å². The molecule has 0 aliphatic carbocycles. The number of hydrogen-bond donors (Lipinski definition) is 0. The van der Waals surface area contributed by atoms with Gasteiger partial charge in [0.25, 0.3) is 0 Å². The summed E-state index contributed by atoms with van der Waals surface area (Å²) in [6.07, 6.45) is 4.07. The van der Waals surface area contributed by atoms with Crippen LogP contribution in [-0.2, 0) is 6.42 Å². The predicted octanol–water partition coefficient (Wildman–Crippen LogP) is 4.17. The zero-order chi connectivity index (χ0) is 11.8. The highest BCUT2D eigenvalue weighted by Gasteiger charge is 2.12. The van der Waals surface area contributed by atoms with E-state index in [2.05, 4.69) is 16.9 Å². The quantitative estimate of drug-likeness (QED) is 0.652. The van der Waals surface area contributed by atoms with Gasteiger partial charge < -0.3 is 4.42 Å². The molecule has 3 aromatic heterocycles. The lowest BCUT2D eigenvalue weighted by molar-refractivity contribution is 0.517. The second-order valence-electron chi connectivity index (χ2n) is 3.60. The van der Waals surface area contributed by atoms with E-state index in [1.165, 1.54) is 6.33 Å². The third-order valence-electron chi connectivity index (χ3n) is 2.60. The van der Waals surface area contributed by atoms with Crippen LogP contribution in [0, 0.1) is 0 Å². The molecule has 0 aliphatic heterocycles. The number of nitrogens with zero attached hydrogens (tertiary/aromatic N) is 2. The van der Waals surface area contributed by atoms with Crippen molar-refractivity contribution in [3.05, 3.63) is 35.6 Å². The number of fused-ring (bicyclic) bond motifs is 1. The lowest BCUT2D eigenvalue weighted by Gasteiger charge is -1.94. The summed E-state index contributed by atoms with van der Waals surface area (Å²) in [5.74, 6) is 0.987. The van der Waals surface area contributed by atoms with Crippen molar-refractivity contribution in [2.24, 2.45) is 0 Å². The maximum absolute atomic E-state index is 6.04. The van der Waals surface area contributed by atoms with Crippen molar-refractivity contribution < 1.29 is 4.42 Å². The highest BCUT2D eigenvalue weighted by atomic mass is 35.5. The molecule has 0 bridgehead atoms. The first-order valence-corrected chi connectivity index (χ1v) is 6.46. The van der Waals surface area contributed by atoms with Crippen LogP contribution >= 0.6 is 22.9 Å². The molecule has 0 saturated carbocycles. The van der Waals surface area contributed by atoms with Crippen LogP contribution in [-0.4, -0.2) is 9.97 Å². The number of hydrogen-bond acceptors (Lipinski definition) is 4. The molecular formula is C12H9ClN2OS. The van der Waals surface area contributed by atoms with E-state index in [0.29, 0.717) is 5.15 Å². The van der Waals surface area contributed by atoms with E-state index in [4.69, 9.17) is 16.0 Å². The second-order valence-corrected chi connectivity index (χ2v) is 5.01. The molecule has 17 heavy (non-hydrogen) atoms. The molecular weight excluding hydrogens is 256 g/mol. The fourth-order valence-corrected chi connectivity index (χ4v) is 3.08. The Labute approximate surface area is 107 Å². The number of rotatable bonds is 2. The van der Waals surface area contributed by atoms with Crippen LogP contribution in [0.15, 0.2) is 29.1 Å². The van der Waals surface area contributed by atoms with Crippen LogP contribution in [0.1, 0.15) is 12.7 Å². The number of halogens is 1. The van der Waals surface area contributed by atoms with Gasteiger partial charge in [0, 0.05) is 16.9 Å². The summed E-state index contributed by atoms with van der Waals surface area (Å²) in [6.45, 7) is 2.07. The minimum absolute atomic E-state index is 0.507. The third-order valence-corrected chi connectivity index (χ3v) is 4.16. The van der Waals surface area contributed by atoms with E-state index in [9.17, 15) is 0 Å². The first-order chi connectivity index (χ1) is 8.29. The number of aromatic nitrogens is 2. The molecule has 86 valence electrons. The van der Waals surface area contributed by atoms with Crippen LogP contribution in [0.25, 0.3) is 20.7 Å². The maximum Gasteiger partial charge on any atom is 0.150 e. The van der Waals surface area contributed by atoms with Crippen molar-refractivity contribution in [1.82, 2.24) is 9.97 Å². The normalized spacial score (nSPS) is 11.2. The minimum Gasteiger partial charge on any atom is -0.469 e. The van der Waals surface area contributed by atoms with Crippen molar-refractivity contribution in [1.29, 1.82) is 0 Å². The fourth-order valence-electron chi connectivity index (χ4n) is 1.79. The summed E-state index contributed by atoms with van der Waals surface area (Å²) < 4.78 is 6.36. The summed E-state index contributed by atoms with van der Waals surface area (Å²) in [7, 11) is 0. The zero-order valence-corrected chi connectivity index (χ0v) is 10.7. The molecule has 3 aromatic rings. The average Bonchev–Trinajstić information content (AvgIpc) is 2.94. The van der Waals surface area contributed by atoms with Crippen molar-refractivity contribution in [2.45, 2.75) is 13.3 Å². The summed E-state index contributed by atoms with van der Waals surface area (Å²) in [6, 6.07) is 4.00. The van der Waals surface area contributed by atoms with Gasteiger partial charge in [-0.15, -0.1) is 11.3 Å². The Hall–Kier alpha value is -1.39. The molecule has 0 fully saturated rings. The Balaban J connectivity index is 2.22. The number of aryl methyl sites for hydroxylation is 1. The van der Waals surface area contributed by atoms with Gasteiger partial charge in [-0.3, -0.25) is 0 Å². The molecule has 0 atom stereocenters. The van der Waals surface area contributed by atoms with Crippen LogP contribution in [0.4, 0.5) is 0 Å². The number of furan rings is 1. The molecule has 0 unspecified atom stereocenters. The largest absolute Gasteiger partial charge is 0.469 e. The Morgan fingerprint density at radius 1 is 1.41 bits per heavy atom. The topological polar surface area (TPSA) is 38.9 Å². The van der Waals surface area contributed by atoms with Crippen LogP contribution < -0.4 is 0 Å². The van der Waals surface area contributed by atoms with Gasteiger partial charge in [-0.25, -0.2) is 9.97 Å². The first kappa shape index (κ1) is 10.7. The van der Waals surface area contributed by atoms with E-state index >= 15 is 0 Å². The Kier molecular flexibility index (Phi) is 2.61. The van der Waals surface area contributed by atoms with Crippen LogP contribution in [0.5, 0.6) is 0 Å². The van der Waals surface area contributed by atoms with Gasteiger partial charge in [0.05, 0.1) is 16.5 Å². The predicted molar refractivity (Wildman–Crippen MR) is 69.5 cm³/mol. The summed E-state index contributed by atoms with van der Waals surface area (Å²) >= 11 is 7.64. The molecule has 0 radical (unpaired) electrons. The molecule has 0 aliphatic rings. The molecule has 3 heterocycles. The SMILES string of the molecule is CCc1occc1-c1cc2ncnc(Cl)c2s1. The van der Waals surface area contributed by atoms with Crippen LogP contribution in [0.2, 0.25) is 5.15 Å². The van der Waals surface area contributed by atoms with Crippen molar-refractivity contribution in [3.63, 3.8) is 0 Å². The molecule has 0 saturated heterocycles. The van der Waals surface area contributed by atoms with E-state index in [1.54, 1.807) is 17.6 Å². The van der Waals surface area contributed by atoms with Gasteiger partial charge in [0.2, 0.25) is 0 Å². The Bertz CT molecular complexity index is 674. The Morgan fingerprint density at radius 2 is 2.29 bits per heavy atom. The average molecular weight is 265 g/mol. The first-order valence-electron chi connectivity index (χ1n) is 5.26. The smallest absolute Gasteiger partial charge is 0.150 e. The van der Waals surface area contributed by atoms with Crippen molar-refractivity contribution in [2.75, 3.05) is 0 Å². The minimum atomic E-state index is 0.507.